The summed E-state index contributed by atoms with van der Waals surface area (Å²) in [4.78, 5) is 15.6. The van der Waals surface area contributed by atoms with Gasteiger partial charge in [0.25, 0.3) is 0 Å². The van der Waals surface area contributed by atoms with E-state index in [1.165, 1.54) is 10.9 Å². The average Bonchev–Trinajstić information content (AvgIpc) is 3.11. The molecule has 0 radical (unpaired) electrons. The summed E-state index contributed by atoms with van der Waals surface area (Å²) in [6.07, 6.45) is 2.00. The molecule has 2 aromatic rings. The van der Waals surface area contributed by atoms with Gasteiger partial charge in [-0.1, -0.05) is 12.1 Å². The van der Waals surface area contributed by atoms with E-state index in [1.54, 1.807) is 11.3 Å². The standard InChI is InChI=1S/C18H21F2N3OS/c19-15-4-1-5-16(20)17(15)22-18(24)21-11-13-6-8-23(9-7-13)12-14-3-2-10-25-14/h1-5,10,13H,6-9,11-12H2,(H2,21,22,24). The van der Waals surface area contributed by atoms with E-state index in [-0.39, 0.29) is 0 Å². The minimum Gasteiger partial charge on any atom is -0.338 e. The predicted molar refractivity (Wildman–Crippen MR) is 95.7 cm³/mol. The molecule has 1 aromatic heterocycles. The third-order valence-corrected chi connectivity index (χ3v) is 5.28. The van der Waals surface area contributed by atoms with Gasteiger partial charge in [0.1, 0.15) is 17.3 Å². The maximum atomic E-state index is 13.5. The Morgan fingerprint density at radius 1 is 1.16 bits per heavy atom. The zero-order valence-electron chi connectivity index (χ0n) is 13.8. The topological polar surface area (TPSA) is 44.4 Å². The maximum Gasteiger partial charge on any atom is 0.319 e. The molecule has 0 unspecified atom stereocenters. The van der Waals surface area contributed by atoms with Crippen LogP contribution in [0.15, 0.2) is 35.7 Å². The Kier molecular flexibility index (Phi) is 5.99. The first-order valence-electron chi connectivity index (χ1n) is 8.35. The van der Waals surface area contributed by atoms with Gasteiger partial charge in [-0.2, -0.15) is 0 Å². The van der Waals surface area contributed by atoms with Gasteiger partial charge < -0.3 is 10.6 Å². The molecule has 7 heteroatoms. The number of nitrogens with one attached hydrogen (secondary N) is 2. The zero-order valence-corrected chi connectivity index (χ0v) is 14.6. The Labute approximate surface area is 149 Å². The molecule has 0 atom stereocenters. The second kappa shape index (κ2) is 8.40. The fraction of sp³-hybridized carbons (Fsp3) is 0.389. The minimum atomic E-state index is -0.781. The molecule has 2 N–H and O–H groups in total. The van der Waals surface area contributed by atoms with Crippen molar-refractivity contribution >= 4 is 23.1 Å². The third kappa shape index (κ3) is 4.99. The van der Waals surface area contributed by atoms with Crippen LogP contribution in [0.25, 0.3) is 0 Å². The molecule has 2 amide bonds. The normalized spacial score (nSPS) is 15.9. The fourth-order valence-corrected chi connectivity index (χ4v) is 3.73. The number of carbonyl (C=O) groups excluding carboxylic acids is 1. The summed E-state index contributed by atoms with van der Waals surface area (Å²) in [5.41, 5.74) is -0.411. The van der Waals surface area contributed by atoms with Crippen LogP contribution in [0.2, 0.25) is 0 Å². The minimum absolute atomic E-state index is 0.385. The number of halogens is 2. The SMILES string of the molecule is O=C(NCC1CCN(Cc2cccs2)CC1)Nc1c(F)cccc1F. The van der Waals surface area contributed by atoms with Crippen molar-refractivity contribution in [3.05, 3.63) is 52.2 Å². The predicted octanol–water partition coefficient (Wildman–Crippen LogP) is 4.06. The Bertz CT molecular complexity index is 680. The highest BCUT2D eigenvalue weighted by Crippen LogP contribution is 2.21. The lowest BCUT2D eigenvalue weighted by Gasteiger charge is -2.31. The van der Waals surface area contributed by atoms with E-state index in [1.807, 2.05) is 0 Å². The molecule has 1 saturated heterocycles. The van der Waals surface area contributed by atoms with E-state index >= 15 is 0 Å². The highest BCUT2D eigenvalue weighted by molar-refractivity contribution is 7.09. The molecule has 0 saturated carbocycles. The second-order valence-corrected chi connectivity index (χ2v) is 7.26. The zero-order chi connectivity index (χ0) is 17.6. The number of rotatable bonds is 5. The number of amides is 2. The van der Waals surface area contributed by atoms with Crippen molar-refractivity contribution in [2.45, 2.75) is 19.4 Å². The molecule has 0 spiro atoms. The van der Waals surface area contributed by atoms with E-state index in [9.17, 15) is 13.6 Å². The molecule has 134 valence electrons. The van der Waals surface area contributed by atoms with E-state index in [4.69, 9.17) is 0 Å². The molecule has 4 nitrogen and oxygen atoms in total. The highest BCUT2D eigenvalue weighted by atomic mass is 32.1. The lowest BCUT2D eigenvalue weighted by molar-refractivity contribution is 0.177. The Hall–Kier alpha value is -1.99. The van der Waals surface area contributed by atoms with Crippen LogP contribution in [0.5, 0.6) is 0 Å². The maximum absolute atomic E-state index is 13.5. The Balaban J connectivity index is 1.40. The molecule has 0 bridgehead atoms. The lowest BCUT2D eigenvalue weighted by Crippen LogP contribution is -2.39. The number of thiophene rings is 1. The summed E-state index contributed by atoms with van der Waals surface area (Å²) in [6, 6.07) is 7.12. The number of hydrogen-bond acceptors (Lipinski definition) is 3. The van der Waals surface area contributed by atoms with Crippen LogP contribution in [0, 0.1) is 17.6 Å². The van der Waals surface area contributed by atoms with Gasteiger partial charge in [-0.25, -0.2) is 13.6 Å². The number of likely N-dealkylation sites (tertiary alicyclic amines) is 1. The van der Waals surface area contributed by atoms with Crippen LogP contribution in [0.3, 0.4) is 0 Å². The summed E-state index contributed by atoms with van der Waals surface area (Å²) in [7, 11) is 0. The van der Waals surface area contributed by atoms with E-state index in [0.29, 0.717) is 12.5 Å². The summed E-state index contributed by atoms with van der Waals surface area (Å²) < 4.78 is 27.0. The van der Waals surface area contributed by atoms with E-state index in [2.05, 4.69) is 33.0 Å². The fourth-order valence-electron chi connectivity index (χ4n) is 2.98. The Morgan fingerprint density at radius 2 is 1.88 bits per heavy atom. The van der Waals surface area contributed by atoms with Crippen LogP contribution >= 0.6 is 11.3 Å². The van der Waals surface area contributed by atoms with Crippen molar-refractivity contribution in [2.75, 3.05) is 25.0 Å². The van der Waals surface area contributed by atoms with Crippen molar-refractivity contribution in [2.24, 2.45) is 5.92 Å². The number of anilines is 1. The Morgan fingerprint density at radius 3 is 2.52 bits per heavy atom. The van der Waals surface area contributed by atoms with E-state index in [0.717, 1.165) is 44.6 Å². The first-order valence-corrected chi connectivity index (χ1v) is 9.23. The monoisotopic (exact) mass is 365 g/mol. The molecule has 2 heterocycles. The van der Waals surface area contributed by atoms with E-state index < -0.39 is 23.4 Å². The van der Waals surface area contributed by atoms with Gasteiger partial charge in [0, 0.05) is 18.0 Å². The molecule has 0 aliphatic carbocycles. The van der Waals surface area contributed by atoms with Gasteiger partial charge in [-0.3, -0.25) is 4.90 Å². The summed E-state index contributed by atoms with van der Waals surface area (Å²) in [5, 5.41) is 7.05. The van der Waals surface area contributed by atoms with Gasteiger partial charge in [-0.05, 0) is 55.4 Å². The van der Waals surface area contributed by atoms with Crippen molar-refractivity contribution in [3.63, 3.8) is 0 Å². The molecular weight excluding hydrogens is 344 g/mol. The second-order valence-electron chi connectivity index (χ2n) is 6.23. The van der Waals surface area contributed by atoms with Crippen LogP contribution in [-0.2, 0) is 6.54 Å². The third-order valence-electron chi connectivity index (χ3n) is 4.42. The van der Waals surface area contributed by atoms with Crippen molar-refractivity contribution in [1.82, 2.24) is 10.2 Å². The molecule has 1 aliphatic rings. The smallest absolute Gasteiger partial charge is 0.319 e. The van der Waals surface area contributed by atoms with Gasteiger partial charge in [0.2, 0.25) is 0 Å². The number of carbonyl (C=O) groups is 1. The molecule has 1 fully saturated rings. The number of nitrogens with zero attached hydrogens (tertiary/aromatic N) is 1. The van der Waals surface area contributed by atoms with Crippen molar-refractivity contribution in [1.29, 1.82) is 0 Å². The molecule has 1 aromatic carbocycles. The van der Waals surface area contributed by atoms with Crippen LogP contribution < -0.4 is 10.6 Å². The highest BCUT2D eigenvalue weighted by Gasteiger charge is 2.20. The van der Waals surface area contributed by atoms with Gasteiger partial charge in [-0.15, -0.1) is 11.3 Å². The van der Waals surface area contributed by atoms with Gasteiger partial charge >= 0.3 is 6.03 Å². The van der Waals surface area contributed by atoms with Crippen molar-refractivity contribution < 1.29 is 13.6 Å². The molecule has 25 heavy (non-hydrogen) atoms. The van der Waals surface area contributed by atoms with Crippen LogP contribution in [-0.4, -0.2) is 30.6 Å². The van der Waals surface area contributed by atoms with Gasteiger partial charge in [0.15, 0.2) is 0 Å². The molecule has 1 aliphatic heterocycles. The average molecular weight is 365 g/mol. The lowest BCUT2D eigenvalue weighted by atomic mass is 9.97. The van der Waals surface area contributed by atoms with Crippen LogP contribution in [0.1, 0.15) is 17.7 Å². The largest absolute Gasteiger partial charge is 0.338 e. The summed E-state index contributed by atoms with van der Waals surface area (Å²) >= 11 is 1.77. The first kappa shape index (κ1) is 17.8. The number of hydrogen-bond donors (Lipinski definition) is 2. The molecule has 3 rings (SSSR count). The number of urea groups is 1. The first-order chi connectivity index (χ1) is 12.1. The van der Waals surface area contributed by atoms with Crippen molar-refractivity contribution in [3.8, 4) is 0 Å². The van der Waals surface area contributed by atoms with Crippen LogP contribution in [0.4, 0.5) is 19.3 Å². The molecular formula is C18H21F2N3OS. The van der Waals surface area contributed by atoms with Gasteiger partial charge in [0.05, 0.1) is 0 Å². The number of para-hydroxylation sites is 1. The number of piperidine rings is 1. The number of benzene rings is 1. The summed E-state index contributed by atoms with van der Waals surface area (Å²) in [6.45, 7) is 3.47. The summed E-state index contributed by atoms with van der Waals surface area (Å²) in [5.74, 6) is -1.18. The quantitative estimate of drug-likeness (QED) is 0.839.